The summed E-state index contributed by atoms with van der Waals surface area (Å²) in [5.41, 5.74) is 9.18. The number of rotatable bonds is 5. The molecule has 0 fully saturated rings. The second-order valence-electron chi connectivity index (χ2n) is 5.20. The number of nitrogens with zero attached hydrogens (tertiary/aromatic N) is 1. The monoisotopic (exact) mass is 371 g/mol. The molecule has 0 amide bonds. The smallest absolute Gasteiger partial charge is 0.133 e. The zero-order chi connectivity index (χ0) is 17.1. The fourth-order valence-corrected chi connectivity index (χ4v) is 5.41. The van der Waals surface area contributed by atoms with Crippen molar-refractivity contribution < 1.29 is 0 Å². The summed E-state index contributed by atoms with van der Waals surface area (Å²) in [7, 11) is 0. The molecule has 0 aliphatic rings. The summed E-state index contributed by atoms with van der Waals surface area (Å²) < 4.78 is 1.19. The SMILES string of the molecule is CSc1sc(C(=N)N)cc1Sc1cccc(-c2ccncc2C)c1. The van der Waals surface area contributed by atoms with Gasteiger partial charge in [0, 0.05) is 22.2 Å². The first-order valence-corrected chi connectivity index (χ1v) is 10.2. The van der Waals surface area contributed by atoms with Crippen LogP contribution < -0.4 is 5.73 Å². The van der Waals surface area contributed by atoms with Crippen molar-refractivity contribution >= 4 is 40.7 Å². The first-order chi connectivity index (χ1) is 11.6. The highest BCUT2D eigenvalue weighted by Crippen LogP contribution is 2.41. The average molecular weight is 372 g/mol. The Labute approximate surface area is 154 Å². The number of benzene rings is 1. The van der Waals surface area contributed by atoms with Crippen LogP contribution in [0.15, 0.2) is 62.8 Å². The molecule has 0 bridgehead atoms. The summed E-state index contributed by atoms with van der Waals surface area (Å²) >= 11 is 4.98. The Hall–Kier alpha value is -1.76. The van der Waals surface area contributed by atoms with Crippen LogP contribution in [0.25, 0.3) is 11.1 Å². The van der Waals surface area contributed by atoms with Gasteiger partial charge in [-0.15, -0.1) is 23.1 Å². The Morgan fingerprint density at radius 1 is 1.25 bits per heavy atom. The van der Waals surface area contributed by atoms with Crippen molar-refractivity contribution in [2.75, 3.05) is 6.26 Å². The van der Waals surface area contributed by atoms with Crippen molar-refractivity contribution in [1.29, 1.82) is 5.41 Å². The lowest BCUT2D eigenvalue weighted by molar-refractivity contribution is 1.27. The number of hydrogen-bond donors (Lipinski definition) is 2. The molecule has 3 N–H and O–H groups in total. The Bertz CT molecular complexity index is 887. The summed E-state index contributed by atoms with van der Waals surface area (Å²) in [6, 6.07) is 12.6. The number of thiophene rings is 1. The van der Waals surface area contributed by atoms with Crippen LogP contribution in [0.2, 0.25) is 0 Å². The van der Waals surface area contributed by atoms with Crippen LogP contribution in [0.4, 0.5) is 0 Å². The van der Waals surface area contributed by atoms with E-state index in [9.17, 15) is 0 Å². The van der Waals surface area contributed by atoms with E-state index in [1.165, 1.54) is 25.8 Å². The van der Waals surface area contributed by atoms with E-state index in [1.54, 1.807) is 34.9 Å². The van der Waals surface area contributed by atoms with Gasteiger partial charge < -0.3 is 5.73 Å². The highest BCUT2D eigenvalue weighted by atomic mass is 32.2. The van der Waals surface area contributed by atoms with Crippen LogP contribution in [-0.2, 0) is 0 Å². The number of aryl methyl sites for hydroxylation is 1. The molecule has 1 aromatic carbocycles. The molecule has 0 spiro atoms. The molecule has 3 aromatic rings. The van der Waals surface area contributed by atoms with Gasteiger partial charge in [0.1, 0.15) is 5.84 Å². The number of pyridine rings is 1. The molecule has 3 nitrogen and oxygen atoms in total. The van der Waals surface area contributed by atoms with E-state index in [4.69, 9.17) is 11.1 Å². The predicted octanol–water partition coefficient (Wildman–Crippen LogP) is 5.28. The first kappa shape index (κ1) is 17.1. The summed E-state index contributed by atoms with van der Waals surface area (Å²) in [5.74, 6) is 0.128. The van der Waals surface area contributed by atoms with Gasteiger partial charge in [-0.1, -0.05) is 23.9 Å². The molecule has 2 aromatic heterocycles. The summed E-state index contributed by atoms with van der Waals surface area (Å²) in [4.78, 5) is 7.31. The normalized spacial score (nSPS) is 10.8. The Morgan fingerprint density at radius 2 is 2.08 bits per heavy atom. The van der Waals surface area contributed by atoms with Crippen LogP contribution in [0.3, 0.4) is 0 Å². The molecule has 0 unspecified atom stereocenters. The van der Waals surface area contributed by atoms with E-state index in [1.807, 2.05) is 24.5 Å². The molecule has 0 saturated heterocycles. The lowest BCUT2D eigenvalue weighted by Crippen LogP contribution is -2.08. The maximum absolute atomic E-state index is 7.63. The van der Waals surface area contributed by atoms with Crippen molar-refractivity contribution in [3.8, 4) is 11.1 Å². The van der Waals surface area contributed by atoms with Gasteiger partial charge >= 0.3 is 0 Å². The quantitative estimate of drug-likeness (QED) is 0.364. The average Bonchev–Trinajstić information content (AvgIpc) is 2.99. The van der Waals surface area contributed by atoms with E-state index in [0.717, 1.165) is 9.77 Å². The largest absolute Gasteiger partial charge is 0.383 e. The fourth-order valence-electron chi connectivity index (χ4n) is 2.36. The second kappa shape index (κ2) is 7.42. The molecule has 6 heteroatoms. The summed E-state index contributed by atoms with van der Waals surface area (Å²) in [6.07, 6.45) is 5.77. The molecule has 0 radical (unpaired) electrons. The van der Waals surface area contributed by atoms with Gasteiger partial charge in [0.25, 0.3) is 0 Å². The van der Waals surface area contributed by atoms with E-state index < -0.39 is 0 Å². The molecule has 24 heavy (non-hydrogen) atoms. The number of hydrogen-bond acceptors (Lipinski definition) is 5. The van der Waals surface area contributed by atoms with E-state index >= 15 is 0 Å². The Kier molecular flexibility index (Phi) is 5.28. The maximum atomic E-state index is 7.63. The predicted molar refractivity (Wildman–Crippen MR) is 106 cm³/mol. The minimum Gasteiger partial charge on any atom is -0.383 e. The molecule has 122 valence electrons. The van der Waals surface area contributed by atoms with Crippen LogP contribution >= 0.6 is 34.9 Å². The third-order valence-corrected chi connectivity index (χ3v) is 7.10. The molecule has 0 aliphatic heterocycles. The third-order valence-electron chi connectivity index (χ3n) is 3.51. The number of thioether (sulfide) groups is 1. The zero-order valence-electron chi connectivity index (χ0n) is 13.4. The van der Waals surface area contributed by atoms with Gasteiger partial charge in [0.05, 0.1) is 9.09 Å². The molecule has 3 rings (SSSR count). The molecule has 0 aliphatic carbocycles. The lowest BCUT2D eigenvalue weighted by atomic mass is 10.0. The summed E-state index contributed by atoms with van der Waals surface area (Å²) in [5, 5.41) is 7.63. The van der Waals surface area contributed by atoms with Gasteiger partial charge in [0.15, 0.2) is 0 Å². The maximum Gasteiger partial charge on any atom is 0.133 e. The molecular weight excluding hydrogens is 354 g/mol. The van der Waals surface area contributed by atoms with Crippen LogP contribution in [-0.4, -0.2) is 17.1 Å². The number of amidine groups is 1. The highest BCUT2D eigenvalue weighted by molar-refractivity contribution is 8.03. The second-order valence-corrected chi connectivity index (χ2v) is 8.44. The number of nitrogen functional groups attached to an aromatic ring is 1. The molecule has 0 atom stereocenters. The van der Waals surface area contributed by atoms with Crippen molar-refractivity contribution in [2.24, 2.45) is 5.73 Å². The van der Waals surface area contributed by atoms with Gasteiger partial charge in [-0.25, -0.2) is 0 Å². The number of nitrogens with one attached hydrogen (secondary N) is 1. The van der Waals surface area contributed by atoms with Gasteiger partial charge in [-0.3, -0.25) is 10.4 Å². The van der Waals surface area contributed by atoms with Crippen molar-refractivity contribution in [1.82, 2.24) is 4.98 Å². The van der Waals surface area contributed by atoms with E-state index in [0.29, 0.717) is 0 Å². The van der Waals surface area contributed by atoms with Crippen molar-refractivity contribution in [3.63, 3.8) is 0 Å². The molecule has 0 saturated carbocycles. The topological polar surface area (TPSA) is 62.8 Å². The van der Waals surface area contributed by atoms with Crippen LogP contribution in [0, 0.1) is 12.3 Å². The molecule has 2 heterocycles. The Balaban J connectivity index is 1.93. The third kappa shape index (κ3) is 3.66. The van der Waals surface area contributed by atoms with Crippen molar-refractivity contribution in [2.45, 2.75) is 20.9 Å². The number of nitrogens with two attached hydrogens (primary N) is 1. The van der Waals surface area contributed by atoms with Gasteiger partial charge in [-0.2, -0.15) is 0 Å². The van der Waals surface area contributed by atoms with Crippen LogP contribution in [0.5, 0.6) is 0 Å². The van der Waals surface area contributed by atoms with E-state index in [2.05, 4.69) is 42.4 Å². The zero-order valence-corrected chi connectivity index (χ0v) is 15.8. The van der Waals surface area contributed by atoms with E-state index in [-0.39, 0.29) is 5.84 Å². The summed E-state index contributed by atoms with van der Waals surface area (Å²) in [6.45, 7) is 2.08. The number of aromatic nitrogens is 1. The minimum absolute atomic E-state index is 0.128. The highest BCUT2D eigenvalue weighted by Gasteiger charge is 2.12. The fraction of sp³-hybridized carbons (Fsp3) is 0.111. The minimum atomic E-state index is 0.128. The van der Waals surface area contributed by atoms with Crippen molar-refractivity contribution in [3.05, 3.63) is 59.2 Å². The first-order valence-electron chi connectivity index (χ1n) is 7.29. The lowest BCUT2D eigenvalue weighted by Gasteiger charge is -2.08. The standard InChI is InChI=1S/C18H17N3S3/c1-11-10-21-7-6-14(11)12-4-3-5-13(8-12)23-16-9-15(17(19)20)24-18(16)22-2/h3-10H,1-2H3,(H3,19,20). The van der Waals surface area contributed by atoms with Crippen LogP contribution in [0.1, 0.15) is 10.4 Å². The molecular formula is C18H17N3S3. The Morgan fingerprint density at radius 3 is 2.79 bits per heavy atom. The van der Waals surface area contributed by atoms with Gasteiger partial charge in [-0.05, 0) is 54.1 Å². The van der Waals surface area contributed by atoms with Gasteiger partial charge in [0.2, 0.25) is 0 Å².